The van der Waals surface area contributed by atoms with Gasteiger partial charge >= 0.3 is 6.03 Å². The molecule has 2 N–H and O–H groups in total. The van der Waals surface area contributed by atoms with E-state index < -0.39 is 0 Å². The van der Waals surface area contributed by atoms with Crippen molar-refractivity contribution in [1.29, 1.82) is 0 Å². The summed E-state index contributed by atoms with van der Waals surface area (Å²) in [5, 5.41) is 5.91. The highest BCUT2D eigenvalue weighted by atomic mass is 16.5. The van der Waals surface area contributed by atoms with Crippen molar-refractivity contribution in [3.05, 3.63) is 23.8 Å². The van der Waals surface area contributed by atoms with E-state index in [-0.39, 0.29) is 48.4 Å². The maximum atomic E-state index is 13.4. The molecule has 0 bridgehead atoms. The molecule has 9 heteroatoms. The third kappa shape index (κ3) is 6.66. The molecule has 1 aromatic carbocycles. The first-order valence-corrected chi connectivity index (χ1v) is 12.7. The van der Waals surface area contributed by atoms with E-state index in [4.69, 9.17) is 9.47 Å². The first-order valence-electron chi connectivity index (χ1n) is 12.7. The largest absolute Gasteiger partial charge is 0.491 e. The number of nitrogens with zero attached hydrogens (tertiary/aromatic N) is 2. The van der Waals surface area contributed by atoms with E-state index in [1.54, 1.807) is 42.2 Å². The predicted octanol–water partition coefficient (Wildman–Crippen LogP) is 3.35. The van der Waals surface area contributed by atoms with Crippen LogP contribution in [-0.4, -0.2) is 80.2 Å². The van der Waals surface area contributed by atoms with Crippen LogP contribution in [0, 0.1) is 11.8 Å². The Morgan fingerprint density at radius 2 is 1.94 bits per heavy atom. The van der Waals surface area contributed by atoms with E-state index in [0.717, 1.165) is 25.7 Å². The van der Waals surface area contributed by atoms with E-state index in [1.165, 1.54) is 0 Å². The van der Waals surface area contributed by atoms with Crippen LogP contribution in [0.1, 0.15) is 56.8 Å². The minimum absolute atomic E-state index is 0.0123. The van der Waals surface area contributed by atoms with E-state index in [9.17, 15) is 14.4 Å². The number of nitrogens with one attached hydrogen (secondary N) is 2. The summed E-state index contributed by atoms with van der Waals surface area (Å²) in [5.74, 6) is 0.227. The fourth-order valence-corrected chi connectivity index (χ4v) is 4.39. The third-order valence-electron chi connectivity index (χ3n) is 6.98. The molecule has 1 aliphatic heterocycles. The number of hydrogen-bond donors (Lipinski definition) is 2. The van der Waals surface area contributed by atoms with Crippen molar-refractivity contribution >= 4 is 23.5 Å². The lowest BCUT2D eigenvalue weighted by Gasteiger charge is -2.36. The summed E-state index contributed by atoms with van der Waals surface area (Å²) in [6.07, 6.45) is 3.46. The Bertz CT molecular complexity index is 904. The standard InChI is InChI=1S/C26H40N4O5/c1-6-12-27-26(33)30-14-17(2)23(34-5)15-29(4)25(32)21-13-20(28-24(31)19-8-7-9-19)10-11-22(21)35-16-18(30)3/h10-11,13,17-19,23H,6-9,12,14-16H2,1-5H3,(H,27,33)(H,28,31)/t17-,18+,23-/m0/s1. The Balaban J connectivity index is 1.89. The van der Waals surface area contributed by atoms with Crippen molar-refractivity contribution < 1.29 is 23.9 Å². The molecule has 0 spiro atoms. The highest BCUT2D eigenvalue weighted by Crippen LogP contribution is 2.30. The van der Waals surface area contributed by atoms with Gasteiger partial charge in [-0.25, -0.2) is 4.79 Å². The van der Waals surface area contributed by atoms with Crippen LogP contribution < -0.4 is 15.4 Å². The Kier molecular flexibility index (Phi) is 9.37. The van der Waals surface area contributed by atoms with E-state index >= 15 is 0 Å². The molecule has 194 valence electrons. The molecule has 0 unspecified atom stereocenters. The van der Waals surface area contributed by atoms with Crippen LogP contribution in [0.3, 0.4) is 0 Å². The first kappa shape index (κ1) is 26.8. The molecule has 2 aliphatic rings. The SMILES string of the molecule is CCCNC(=O)N1C[C@H](C)[C@@H](OC)CN(C)C(=O)c2cc(NC(=O)C3CCC3)ccc2OC[C@H]1C. The molecule has 9 nitrogen and oxygen atoms in total. The molecule has 4 amide bonds. The summed E-state index contributed by atoms with van der Waals surface area (Å²) >= 11 is 0. The fraction of sp³-hybridized carbons (Fsp3) is 0.654. The Morgan fingerprint density at radius 1 is 1.20 bits per heavy atom. The van der Waals surface area contributed by atoms with Crippen molar-refractivity contribution in [2.75, 3.05) is 45.7 Å². The molecule has 0 saturated heterocycles. The van der Waals surface area contributed by atoms with Crippen LogP contribution in [-0.2, 0) is 9.53 Å². The van der Waals surface area contributed by atoms with Gasteiger partial charge in [-0.2, -0.15) is 0 Å². The zero-order chi connectivity index (χ0) is 25.5. The number of carbonyl (C=O) groups is 3. The number of anilines is 1. The summed E-state index contributed by atoms with van der Waals surface area (Å²) < 4.78 is 11.8. The van der Waals surface area contributed by atoms with Crippen molar-refractivity contribution in [2.24, 2.45) is 11.8 Å². The zero-order valence-corrected chi connectivity index (χ0v) is 21.6. The van der Waals surface area contributed by atoms with Gasteiger partial charge in [0.25, 0.3) is 5.91 Å². The maximum Gasteiger partial charge on any atom is 0.317 e. The van der Waals surface area contributed by atoms with Gasteiger partial charge in [0, 0.05) is 51.3 Å². The van der Waals surface area contributed by atoms with Gasteiger partial charge in [0.05, 0.1) is 17.7 Å². The van der Waals surface area contributed by atoms with Crippen LogP contribution >= 0.6 is 0 Å². The number of rotatable bonds is 5. The van der Waals surface area contributed by atoms with Crippen LogP contribution in [0.2, 0.25) is 0 Å². The van der Waals surface area contributed by atoms with Crippen molar-refractivity contribution in [3.63, 3.8) is 0 Å². The molecule has 3 rings (SSSR count). The topological polar surface area (TPSA) is 100 Å². The smallest absolute Gasteiger partial charge is 0.317 e. The molecule has 1 fully saturated rings. The normalized spacial score (nSPS) is 23.8. The molecule has 3 atom stereocenters. The van der Waals surface area contributed by atoms with Crippen LogP contribution in [0.4, 0.5) is 10.5 Å². The maximum absolute atomic E-state index is 13.4. The number of benzene rings is 1. The molecule has 35 heavy (non-hydrogen) atoms. The number of likely N-dealkylation sites (N-methyl/N-ethyl adjacent to an activating group) is 1. The summed E-state index contributed by atoms with van der Waals surface area (Å²) in [4.78, 5) is 42.2. The second-order valence-electron chi connectivity index (χ2n) is 9.81. The minimum Gasteiger partial charge on any atom is -0.491 e. The minimum atomic E-state index is -0.261. The van der Waals surface area contributed by atoms with E-state index in [1.807, 2.05) is 20.8 Å². The van der Waals surface area contributed by atoms with Gasteiger partial charge in [-0.1, -0.05) is 20.3 Å². The Hall–Kier alpha value is -2.81. The lowest BCUT2D eigenvalue weighted by molar-refractivity contribution is -0.122. The van der Waals surface area contributed by atoms with Gasteiger partial charge in [-0.3, -0.25) is 9.59 Å². The monoisotopic (exact) mass is 488 g/mol. The van der Waals surface area contributed by atoms with Gasteiger partial charge in [0.1, 0.15) is 12.4 Å². The van der Waals surface area contributed by atoms with Crippen LogP contribution in [0.15, 0.2) is 18.2 Å². The van der Waals surface area contributed by atoms with E-state index in [2.05, 4.69) is 10.6 Å². The third-order valence-corrected chi connectivity index (χ3v) is 6.98. The average Bonchev–Trinajstić information content (AvgIpc) is 2.80. The van der Waals surface area contributed by atoms with Crippen molar-refractivity contribution in [1.82, 2.24) is 15.1 Å². The number of methoxy groups -OCH3 is 1. The number of carbonyl (C=O) groups excluding carboxylic acids is 3. The number of ether oxygens (including phenoxy) is 2. The van der Waals surface area contributed by atoms with Gasteiger partial charge in [-0.05, 0) is 44.4 Å². The van der Waals surface area contributed by atoms with Gasteiger partial charge in [0.15, 0.2) is 0 Å². The molecule has 1 saturated carbocycles. The van der Waals surface area contributed by atoms with Crippen LogP contribution in [0.25, 0.3) is 0 Å². The number of fused-ring (bicyclic) bond motifs is 1. The van der Waals surface area contributed by atoms with Crippen molar-refractivity contribution in [3.8, 4) is 5.75 Å². The second-order valence-corrected chi connectivity index (χ2v) is 9.81. The van der Waals surface area contributed by atoms with Gasteiger partial charge < -0.3 is 29.9 Å². The molecule has 1 heterocycles. The summed E-state index contributed by atoms with van der Waals surface area (Å²) in [7, 11) is 3.35. The summed E-state index contributed by atoms with van der Waals surface area (Å²) in [6, 6.07) is 4.78. The predicted molar refractivity (Wildman–Crippen MR) is 135 cm³/mol. The lowest BCUT2D eigenvalue weighted by atomic mass is 9.85. The fourth-order valence-electron chi connectivity index (χ4n) is 4.39. The quantitative estimate of drug-likeness (QED) is 0.662. The van der Waals surface area contributed by atoms with Gasteiger partial charge in [-0.15, -0.1) is 0 Å². The molecular formula is C26H40N4O5. The van der Waals surface area contributed by atoms with Crippen molar-refractivity contribution in [2.45, 2.75) is 58.6 Å². The van der Waals surface area contributed by atoms with Crippen LogP contribution in [0.5, 0.6) is 5.75 Å². The summed E-state index contributed by atoms with van der Waals surface area (Å²) in [6.45, 7) is 7.62. The molecule has 1 aromatic rings. The second kappa shape index (κ2) is 12.2. The number of urea groups is 1. The molecule has 1 aliphatic carbocycles. The van der Waals surface area contributed by atoms with E-state index in [0.29, 0.717) is 36.6 Å². The molecule has 0 aromatic heterocycles. The Labute approximate surface area is 208 Å². The lowest BCUT2D eigenvalue weighted by Crippen LogP contribution is -2.51. The highest BCUT2D eigenvalue weighted by molar-refractivity contribution is 6.00. The number of hydrogen-bond acceptors (Lipinski definition) is 5. The number of amides is 4. The zero-order valence-electron chi connectivity index (χ0n) is 21.6. The highest BCUT2D eigenvalue weighted by Gasteiger charge is 2.31. The van der Waals surface area contributed by atoms with Gasteiger partial charge in [0.2, 0.25) is 5.91 Å². The average molecular weight is 489 g/mol. The molecular weight excluding hydrogens is 448 g/mol. The summed E-state index contributed by atoms with van der Waals surface area (Å²) in [5.41, 5.74) is 0.944. The Morgan fingerprint density at radius 3 is 2.57 bits per heavy atom. The molecule has 0 radical (unpaired) electrons. The first-order chi connectivity index (χ1) is 16.7.